The zero-order valence-corrected chi connectivity index (χ0v) is 20.6. The molecule has 1 aliphatic carbocycles. The van der Waals surface area contributed by atoms with Crippen molar-refractivity contribution in [3.8, 4) is 22.5 Å². The molecule has 2 aromatic carbocycles. The van der Waals surface area contributed by atoms with Crippen LogP contribution in [0.15, 0.2) is 60.9 Å². The Morgan fingerprint density at radius 1 is 1.00 bits per heavy atom. The zero-order chi connectivity index (χ0) is 24.2. The number of likely N-dealkylation sites (tertiary alicyclic amines) is 1. The van der Waals surface area contributed by atoms with Crippen molar-refractivity contribution in [2.45, 2.75) is 25.3 Å². The summed E-state index contributed by atoms with van der Waals surface area (Å²) in [6.07, 6.45) is 5.05. The number of fused-ring (bicyclic) bond motifs is 2. The third kappa shape index (κ3) is 3.62. The van der Waals surface area contributed by atoms with Gasteiger partial charge in [0.05, 0.1) is 27.7 Å². The van der Waals surface area contributed by atoms with Gasteiger partial charge in [-0.2, -0.15) is 5.10 Å². The van der Waals surface area contributed by atoms with Crippen LogP contribution in [0.3, 0.4) is 0 Å². The largest absolute Gasteiger partial charge is 0.383 e. The highest BCUT2D eigenvalue weighted by Gasteiger charge is 2.35. The topological polar surface area (TPSA) is 85.7 Å². The van der Waals surface area contributed by atoms with Gasteiger partial charge in [0.15, 0.2) is 5.65 Å². The molecule has 7 rings (SSSR count). The fourth-order valence-corrected chi connectivity index (χ4v) is 5.77. The Balaban J connectivity index is 1.30. The van der Waals surface area contributed by atoms with E-state index in [1.807, 2.05) is 41.1 Å². The van der Waals surface area contributed by atoms with Gasteiger partial charge >= 0.3 is 0 Å². The summed E-state index contributed by atoms with van der Waals surface area (Å²) in [5, 5.41) is 7.38. The molecule has 0 amide bonds. The van der Waals surface area contributed by atoms with Crippen LogP contribution in [0.2, 0.25) is 5.02 Å². The van der Waals surface area contributed by atoms with Gasteiger partial charge in [0, 0.05) is 23.1 Å². The maximum absolute atomic E-state index is 6.82. The van der Waals surface area contributed by atoms with Crippen molar-refractivity contribution in [2.24, 2.45) is 5.92 Å². The molecule has 180 valence electrons. The van der Waals surface area contributed by atoms with Gasteiger partial charge in [-0.05, 0) is 56.5 Å². The van der Waals surface area contributed by atoms with Gasteiger partial charge in [0.25, 0.3) is 0 Å². The van der Waals surface area contributed by atoms with E-state index >= 15 is 0 Å². The standard InChI is InChI=1S/C28H26ClN7/c29-22-13-19-7-8-23(18-5-2-1-3-6-18)33-24(19)14-21(22)26-25-27(30)31-16-32-28(25)36(34-26)20-11-17(12-20)15-35-9-4-10-35/h1-3,5-8,13-14,16-17,20H,4,9-12,15H2,(H2,30,31,32). The van der Waals surface area contributed by atoms with Crippen LogP contribution in [0, 0.1) is 5.92 Å². The Kier molecular flexibility index (Phi) is 5.15. The third-order valence-electron chi connectivity index (χ3n) is 7.64. The summed E-state index contributed by atoms with van der Waals surface area (Å²) in [4.78, 5) is 16.3. The minimum absolute atomic E-state index is 0.309. The number of nitrogens with two attached hydrogens (primary N) is 1. The summed E-state index contributed by atoms with van der Waals surface area (Å²) in [7, 11) is 0. The van der Waals surface area contributed by atoms with Gasteiger partial charge in [-0.25, -0.2) is 19.6 Å². The Bertz CT molecular complexity index is 1590. The Morgan fingerprint density at radius 3 is 2.61 bits per heavy atom. The number of rotatable bonds is 5. The van der Waals surface area contributed by atoms with Crippen LogP contribution in [0.4, 0.5) is 5.82 Å². The summed E-state index contributed by atoms with van der Waals surface area (Å²) >= 11 is 6.82. The van der Waals surface area contributed by atoms with Gasteiger partial charge in [0.1, 0.15) is 17.8 Å². The fourth-order valence-electron chi connectivity index (χ4n) is 5.51. The monoisotopic (exact) mass is 495 g/mol. The average Bonchev–Trinajstić information content (AvgIpc) is 3.22. The highest BCUT2D eigenvalue weighted by molar-refractivity contribution is 6.34. The number of pyridine rings is 1. The second-order valence-electron chi connectivity index (χ2n) is 9.98. The molecule has 0 spiro atoms. The minimum Gasteiger partial charge on any atom is -0.383 e. The first-order chi connectivity index (χ1) is 17.6. The summed E-state index contributed by atoms with van der Waals surface area (Å²) in [5.74, 6) is 1.13. The second kappa shape index (κ2) is 8.54. The smallest absolute Gasteiger partial charge is 0.164 e. The molecule has 36 heavy (non-hydrogen) atoms. The van der Waals surface area contributed by atoms with Crippen LogP contribution < -0.4 is 5.73 Å². The normalized spacial score (nSPS) is 19.9. The number of nitrogens with zero attached hydrogens (tertiary/aromatic N) is 6. The van der Waals surface area contributed by atoms with E-state index in [9.17, 15) is 0 Å². The molecule has 0 bridgehead atoms. The molecule has 0 unspecified atom stereocenters. The lowest BCUT2D eigenvalue weighted by Gasteiger charge is -2.41. The van der Waals surface area contributed by atoms with Crippen molar-refractivity contribution >= 4 is 39.4 Å². The molecule has 8 heteroatoms. The molecule has 3 aromatic heterocycles. The van der Waals surface area contributed by atoms with Crippen molar-refractivity contribution < 1.29 is 0 Å². The first-order valence-corrected chi connectivity index (χ1v) is 12.9. The number of anilines is 1. The molecule has 2 N–H and O–H groups in total. The number of hydrogen-bond donors (Lipinski definition) is 1. The average molecular weight is 496 g/mol. The lowest BCUT2D eigenvalue weighted by Crippen LogP contribution is -2.44. The van der Waals surface area contributed by atoms with Crippen molar-refractivity contribution in [1.29, 1.82) is 0 Å². The van der Waals surface area contributed by atoms with Gasteiger partial charge in [-0.3, -0.25) is 0 Å². The van der Waals surface area contributed by atoms with Crippen molar-refractivity contribution in [3.05, 3.63) is 65.9 Å². The van der Waals surface area contributed by atoms with Crippen molar-refractivity contribution in [2.75, 3.05) is 25.4 Å². The van der Waals surface area contributed by atoms with E-state index < -0.39 is 0 Å². The molecule has 5 aromatic rings. The van der Waals surface area contributed by atoms with Crippen LogP contribution in [0.1, 0.15) is 25.3 Å². The summed E-state index contributed by atoms with van der Waals surface area (Å²) in [5.41, 5.74) is 11.5. The quantitative estimate of drug-likeness (QED) is 0.341. The van der Waals surface area contributed by atoms with Gasteiger partial charge in [-0.1, -0.05) is 48.0 Å². The zero-order valence-electron chi connectivity index (χ0n) is 19.8. The van der Waals surface area contributed by atoms with Gasteiger partial charge in [-0.15, -0.1) is 0 Å². The Morgan fingerprint density at radius 2 is 1.83 bits per heavy atom. The first kappa shape index (κ1) is 21.7. The van der Waals surface area contributed by atoms with E-state index in [4.69, 9.17) is 27.4 Å². The van der Waals surface area contributed by atoms with E-state index in [0.29, 0.717) is 28.5 Å². The van der Waals surface area contributed by atoms with E-state index in [-0.39, 0.29) is 0 Å². The highest BCUT2D eigenvalue weighted by atomic mass is 35.5. The predicted molar refractivity (Wildman–Crippen MR) is 144 cm³/mol. The van der Waals surface area contributed by atoms with E-state index in [1.165, 1.54) is 32.4 Å². The molecular weight excluding hydrogens is 470 g/mol. The van der Waals surface area contributed by atoms with Gasteiger partial charge in [0.2, 0.25) is 0 Å². The molecule has 7 nitrogen and oxygen atoms in total. The minimum atomic E-state index is 0.309. The molecule has 2 aliphatic rings. The molecule has 4 heterocycles. The molecule has 2 fully saturated rings. The van der Waals surface area contributed by atoms with Crippen LogP contribution in [-0.2, 0) is 0 Å². The number of aromatic nitrogens is 5. The van der Waals surface area contributed by atoms with E-state index in [2.05, 4.69) is 33.1 Å². The molecule has 0 atom stereocenters. The van der Waals surface area contributed by atoms with Crippen LogP contribution in [0.5, 0.6) is 0 Å². The van der Waals surface area contributed by atoms with E-state index in [1.54, 1.807) is 0 Å². The predicted octanol–water partition coefficient (Wildman–Crippen LogP) is 5.60. The number of hydrogen-bond acceptors (Lipinski definition) is 6. The van der Waals surface area contributed by atoms with Crippen molar-refractivity contribution in [3.63, 3.8) is 0 Å². The van der Waals surface area contributed by atoms with Crippen LogP contribution in [0.25, 0.3) is 44.5 Å². The lowest BCUT2D eigenvalue weighted by atomic mass is 9.79. The second-order valence-corrected chi connectivity index (χ2v) is 10.4. The molecule has 1 saturated carbocycles. The maximum atomic E-state index is 6.82. The third-order valence-corrected chi connectivity index (χ3v) is 7.96. The Hall–Kier alpha value is -3.55. The van der Waals surface area contributed by atoms with Crippen LogP contribution >= 0.6 is 11.6 Å². The molecule has 0 radical (unpaired) electrons. The van der Waals surface area contributed by atoms with Crippen LogP contribution in [-0.4, -0.2) is 49.3 Å². The fraction of sp³-hybridized carbons (Fsp3) is 0.286. The van der Waals surface area contributed by atoms with E-state index in [0.717, 1.165) is 51.6 Å². The van der Waals surface area contributed by atoms with Crippen molar-refractivity contribution in [1.82, 2.24) is 29.6 Å². The first-order valence-electron chi connectivity index (χ1n) is 12.5. The molecule has 1 aliphatic heterocycles. The summed E-state index contributed by atoms with van der Waals surface area (Å²) in [6.45, 7) is 3.66. The lowest BCUT2D eigenvalue weighted by molar-refractivity contribution is 0.0880. The molecular formula is C28H26ClN7. The highest BCUT2D eigenvalue weighted by Crippen LogP contribution is 2.43. The summed E-state index contributed by atoms with van der Waals surface area (Å²) in [6, 6.07) is 18.5. The summed E-state index contributed by atoms with van der Waals surface area (Å²) < 4.78 is 2.05. The molecule has 1 saturated heterocycles. The number of nitrogen functional groups attached to an aromatic ring is 1. The maximum Gasteiger partial charge on any atom is 0.164 e. The Labute approximate surface area is 213 Å². The number of benzene rings is 2. The van der Waals surface area contributed by atoms with Gasteiger partial charge < -0.3 is 10.6 Å². The number of halogens is 1. The SMILES string of the molecule is Nc1ncnc2c1c(-c1cc3nc(-c4ccccc4)ccc3cc1Cl)nn2C1CC(CN2CCC2)C1.